The molecule has 4 rings (SSSR count). The molecule has 7 heteroatoms. The molecule has 0 unspecified atom stereocenters. The molecule has 0 bridgehead atoms. The molecule has 0 saturated carbocycles. The molecule has 2 amide bonds. The van der Waals surface area contributed by atoms with Crippen LogP contribution in [0.25, 0.3) is 11.0 Å². The largest absolute Gasteiger partial charge is 0.310 e. The Morgan fingerprint density at radius 3 is 2.61 bits per heavy atom. The second kappa shape index (κ2) is 7.64. The first-order chi connectivity index (χ1) is 13.7. The van der Waals surface area contributed by atoms with E-state index in [2.05, 4.69) is 22.3 Å². The molecule has 7 nitrogen and oxygen atoms in total. The number of benzene rings is 2. The fourth-order valence-corrected chi connectivity index (χ4v) is 3.28. The summed E-state index contributed by atoms with van der Waals surface area (Å²) < 4.78 is 2.00. The number of aromatic nitrogens is 2. The molecule has 0 spiro atoms. The molecular weight excluding hydrogens is 354 g/mol. The molecular formula is C21H21N5O2. The summed E-state index contributed by atoms with van der Waals surface area (Å²) >= 11 is 0. The van der Waals surface area contributed by atoms with Crippen LogP contribution in [-0.2, 0) is 16.1 Å². The maximum absolute atomic E-state index is 12.9. The maximum atomic E-state index is 12.9. The predicted molar refractivity (Wildman–Crippen MR) is 109 cm³/mol. The van der Waals surface area contributed by atoms with E-state index in [-0.39, 0.29) is 18.2 Å². The molecule has 0 aliphatic carbocycles. The number of rotatable bonds is 5. The van der Waals surface area contributed by atoms with Gasteiger partial charge in [-0.3, -0.25) is 14.9 Å². The SMILES string of the molecule is CCCn1c(NC(=O)C2=NN(c3ccccc3)C(=O)CC2)nc2ccccc21. The normalized spacial score (nSPS) is 14.2. The number of nitrogens with zero attached hydrogens (tertiary/aromatic N) is 4. The summed E-state index contributed by atoms with van der Waals surface area (Å²) in [4.78, 5) is 29.7. The van der Waals surface area contributed by atoms with E-state index in [1.165, 1.54) is 5.01 Å². The van der Waals surface area contributed by atoms with Crippen LogP contribution in [0.15, 0.2) is 59.7 Å². The lowest BCUT2D eigenvalue weighted by atomic mass is 10.1. The first kappa shape index (κ1) is 17.9. The number of nitrogens with one attached hydrogen (secondary N) is 1. The number of imidazole rings is 1. The van der Waals surface area contributed by atoms with Gasteiger partial charge in [0.15, 0.2) is 0 Å². The molecule has 0 atom stereocenters. The fraction of sp³-hybridized carbons (Fsp3) is 0.238. The van der Waals surface area contributed by atoms with Gasteiger partial charge in [-0.15, -0.1) is 0 Å². The highest BCUT2D eigenvalue weighted by atomic mass is 16.2. The van der Waals surface area contributed by atoms with E-state index in [1.54, 1.807) is 12.1 Å². The van der Waals surface area contributed by atoms with Crippen LogP contribution in [0.2, 0.25) is 0 Å². The lowest BCUT2D eigenvalue weighted by Gasteiger charge is -2.23. The Morgan fingerprint density at radius 1 is 1.07 bits per heavy atom. The van der Waals surface area contributed by atoms with Gasteiger partial charge in [-0.05, 0) is 30.7 Å². The third-order valence-corrected chi connectivity index (χ3v) is 4.62. The van der Waals surface area contributed by atoms with Gasteiger partial charge in [0.2, 0.25) is 11.9 Å². The number of hydrogen-bond donors (Lipinski definition) is 1. The molecule has 0 radical (unpaired) electrons. The lowest BCUT2D eigenvalue weighted by molar-refractivity contribution is -0.118. The Kier molecular flexibility index (Phi) is 4.89. The first-order valence-corrected chi connectivity index (χ1v) is 9.39. The number of anilines is 2. The number of hydrogen-bond acceptors (Lipinski definition) is 4. The molecule has 0 saturated heterocycles. The standard InChI is InChI=1S/C21H21N5O2/c1-2-14-25-18-11-7-6-10-16(18)22-21(25)23-20(28)17-12-13-19(27)26(24-17)15-8-4-3-5-9-15/h3-11H,2,12-14H2,1H3,(H,22,23,28). The van der Waals surface area contributed by atoms with Crippen LogP contribution in [0.4, 0.5) is 11.6 Å². The van der Waals surface area contributed by atoms with Crippen LogP contribution in [0, 0.1) is 0 Å². The van der Waals surface area contributed by atoms with Crippen molar-refractivity contribution in [2.24, 2.45) is 5.10 Å². The summed E-state index contributed by atoms with van der Waals surface area (Å²) in [6, 6.07) is 16.9. The van der Waals surface area contributed by atoms with Crippen LogP contribution in [0.1, 0.15) is 26.2 Å². The van der Waals surface area contributed by atoms with Crippen molar-refractivity contribution in [3.8, 4) is 0 Å². The lowest BCUT2D eigenvalue weighted by Crippen LogP contribution is -2.36. The summed E-state index contributed by atoms with van der Waals surface area (Å²) in [6.45, 7) is 2.83. The number of aryl methyl sites for hydroxylation is 1. The van der Waals surface area contributed by atoms with Crippen molar-refractivity contribution in [3.05, 3.63) is 54.6 Å². The Morgan fingerprint density at radius 2 is 1.82 bits per heavy atom. The van der Waals surface area contributed by atoms with Gasteiger partial charge in [0, 0.05) is 19.4 Å². The monoisotopic (exact) mass is 375 g/mol. The van der Waals surface area contributed by atoms with Gasteiger partial charge in [-0.1, -0.05) is 37.3 Å². The Hall–Kier alpha value is -3.48. The van der Waals surface area contributed by atoms with Crippen molar-refractivity contribution >= 4 is 40.2 Å². The number of para-hydroxylation sites is 3. The zero-order chi connectivity index (χ0) is 19.5. The smallest absolute Gasteiger partial charge is 0.274 e. The zero-order valence-corrected chi connectivity index (χ0v) is 15.6. The van der Waals surface area contributed by atoms with Crippen LogP contribution in [0.5, 0.6) is 0 Å². The second-order valence-electron chi connectivity index (χ2n) is 6.62. The molecule has 3 aromatic rings. The van der Waals surface area contributed by atoms with Crippen molar-refractivity contribution in [1.82, 2.24) is 9.55 Å². The second-order valence-corrected chi connectivity index (χ2v) is 6.62. The summed E-state index contributed by atoms with van der Waals surface area (Å²) in [5.74, 6) is 0.0426. The van der Waals surface area contributed by atoms with Gasteiger partial charge in [0.05, 0.1) is 16.7 Å². The van der Waals surface area contributed by atoms with E-state index in [1.807, 2.05) is 47.0 Å². The van der Waals surface area contributed by atoms with E-state index in [4.69, 9.17) is 0 Å². The zero-order valence-electron chi connectivity index (χ0n) is 15.6. The van der Waals surface area contributed by atoms with Gasteiger partial charge in [-0.25, -0.2) is 9.99 Å². The van der Waals surface area contributed by atoms with E-state index in [0.29, 0.717) is 23.8 Å². The van der Waals surface area contributed by atoms with Gasteiger partial charge in [-0.2, -0.15) is 5.10 Å². The van der Waals surface area contributed by atoms with Gasteiger partial charge < -0.3 is 4.57 Å². The average molecular weight is 375 g/mol. The molecule has 142 valence electrons. The van der Waals surface area contributed by atoms with Crippen LogP contribution >= 0.6 is 0 Å². The summed E-state index contributed by atoms with van der Waals surface area (Å²) in [5, 5.41) is 8.49. The molecule has 28 heavy (non-hydrogen) atoms. The first-order valence-electron chi connectivity index (χ1n) is 9.39. The molecule has 1 aliphatic rings. The Balaban J connectivity index is 1.62. The minimum absolute atomic E-state index is 0.124. The third-order valence-electron chi connectivity index (χ3n) is 4.62. The van der Waals surface area contributed by atoms with Crippen LogP contribution < -0.4 is 10.3 Å². The van der Waals surface area contributed by atoms with E-state index >= 15 is 0 Å². The van der Waals surface area contributed by atoms with Gasteiger partial charge in [0.1, 0.15) is 5.71 Å². The van der Waals surface area contributed by atoms with E-state index in [0.717, 1.165) is 24.0 Å². The van der Waals surface area contributed by atoms with Crippen molar-refractivity contribution in [2.45, 2.75) is 32.7 Å². The van der Waals surface area contributed by atoms with Crippen LogP contribution in [-0.4, -0.2) is 27.1 Å². The summed E-state index contributed by atoms with van der Waals surface area (Å²) in [5.41, 5.74) is 2.78. The van der Waals surface area contributed by atoms with Crippen molar-refractivity contribution in [3.63, 3.8) is 0 Å². The number of carbonyl (C=O) groups is 2. The number of amides is 2. The average Bonchev–Trinajstić information content (AvgIpc) is 3.06. The van der Waals surface area contributed by atoms with Crippen molar-refractivity contribution in [2.75, 3.05) is 10.3 Å². The molecule has 0 fully saturated rings. The predicted octanol–water partition coefficient (Wildman–Crippen LogP) is 3.57. The summed E-state index contributed by atoms with van der Waals surface area (Å²) in [7, 11) is 0. The number of carbonyl (C=O) groups excluding carboxylic acids is 2. The Bertz CT molecular complexity index is 1060. The van der Waals surface area contributed by atoms with Crippen molar-refractivity contribution in [1.29, 1.82) is 0 Å². The third kappa shape index (κ3) is 3.38. The Labute approximate surface area is 162 Å². The minimum Gasteiger partial charge on any atom is -0.310 e. The summed E-state index contributed by atoms with van der Waals surface area (Å²) in [6.07, 6.45) is 1.47. The quantitative estimate of drug-likeness (QED) is 0.740. The maximum Gasteiger partial charge on any atom is 0.274 e. The van der Waals surface area contributed by atoms with Gasteiger partial charge in [0.25, 0.3) is 5.91 Å². The fourth-order valence-electron chi connectivity index (χ4n) is 3.28. The minimum atomic E-state index is -0.332. The van der Waals surface area contributed by atoms with E-state index in [9.17, 15) is 9.59 Å². The molecule has 2 heterocycles. The molecule has 1 aliphatic heterocycles. The van der Waals surface area contributed by atoms with Crippen molar-refractivity contribution < 1.29 is 9.59 Å². The highest BCUT2D eigenvalue weighted by Gasteiger charge is 2.26. The van der Waals surface area contributed by atoms with E-state index < -0.39 is 0 Å². The highest BCUT2D eigenvalue weighted by molar-refractivity contribution is 6.44. The van der Waals surface area contributed by atoms with Crippen LogP contribution in [0.3, 0.4) is 0 Å². The topological polar surface area (TPSA) is 79.6 Å². The molecule has 1 N–H and O–H groups in total. The molecule has 1 aromatic heterocycles. The highest BCUT2D eigenvalue weighted by Crippen LogP contribution is 2.22. The number of fused-ring (bicyclic) bond motifs is 1. The molecule has 2 aromatic carbocycles. The number of hydrazone groups is 1. The van der Waals surface area contributed by atoms with Gasteiger partial charge >= 0.3 is 0 Å².